The predicted octanol–water partition coefficient (Wildman–Crippen LogP) is 2.85. The van der Waals surface area contributed by atoms with Crippen molar-refractivity contribution in [2.75, 3.05) is 25.7 Å². The van der Waals surface area contributed by atoms with Crippen molar-refractivity contribution >= 4 is 28.4 Å². The Hall–Kier alpha value is -3.48. The second-order valence-electron chi connectivity index (χ2n) is 7.02. The van der Waals surface area contributed by atoms with Gasteiger partial charge in [0.25, 0.3) is 0 Å². The number of rotatable bonds is 6. The maximum Gasteiger partial charge on any atom is 0.227 e. The molecule has 1 aliphatic rings. The summed E-state index contributed by atoms with van der Waals surface area (Å²) in [5, 5.41) is 4.06. The number of aromatic nitrogens is 1. The van der Waals surface area contributed by atoms with Gasteiger partial charge in [0, 0.05) is 48.4 Å². The van der Waals surface area contributed by atoms with Crippen LogP contribution in [-0.4, -0.2) is 37.6 Å². The fraction of sp³-hybridized carbons (Fsp3) is 0.273. The first-order chi connectivity index (χ1) is 14.1. The van der Waals surface area contributed by atoms with E-state index < -0.39 is 0 Å². The zero-order chi connectivity index (χ0) is 20.4. The molecule has 0 bridgehead atoms. The van der Waals surface area contributed by atoms with Crippen molar-refractivity contribution < 1.29 is 19.1 Å². The summed E-state index contributed by atoms with van der Waals surface area (Å²) in [4.78, 5) is 30.0. The minimum absolute atomic E-state index is 0.0792. The zero-order valence-corrected chi connectivity index (χ0v) is 16.4. The second-order valence-corrected chi connectivity index (χ2v) is 7.02. The Morgan fingerprint density at radius 3 is 2.76 bits per heavy atom. The van der Waals surface area contributed by atoms with Crippen LogP contribution in [0.4, 0.5) is 5.69 Å². The molecule has 2 aromatic carbocycles. The number of fused-ring (bicyclic) bond motifs is 1. The number of hydrogen-bond acceptors (Lipinski definition) is 4. The van der Waals surface area contributed by atoms with Gasteiger partial charge in [-0.2, -0.15) is 0 Å². The number of carbonyl (C=O) groups excluding carboxylic acids is 2. The molecule has 150 valence electrons. The van der Waals surface area contributed by atoms with E-state index in [4.69, 9.17) is 9.47 Å². The number of ether oxygens (including phenoxy) is 2. The molecule has 1 saturated heterocycles. The van der Waals surface area contributed by atoms with Crippen LogP contribution in [0.5, 0.6) is 11.5 Å². The Balaban J connectivity index is 1.43. The highest BCUT2D eigenvalue weighted by Gasteiger charge is 2.35. The van der Waals surface area contributed by atoms with Crippen LogP contribution in [-0.2, 0) is 16.1 Å². The average molecular weight is 393 g/mol. The third kappa shape index (κ3) is 3.63. The van der Waals surface area contributed by atoms with Crippen molar-refractivity contribution in [1.82, 2.24) is 10.3 Å². The number of hydrogen-bond donors (Lipinski definition) is 2. The normalized spacial score (nSPS) is 16.3. The molecule has 1 aliphatic heterocycles. The standard InChI is InChI=1S/C22H23N3O4/c1-28-19-8-7-16(10-20(19)29-2)25-13-14(9-21(25)26)22(27)24-12-15-11-23-18-6-4-3-5-17(15)18/h3-8,10-11,14,23H,9,12-13H2,1-2H3,(H,24,27). The summed E-state index contributed by atoms with van der Waals surface area (Å²) in [6.45, 7) is 0.762. The molecule has 1 atom stereocenters. The smallest absolute Gasteiger partial charge is 0.227 e. The van der Waals surface area contributed by atoms with E-state index in [-0.39, 0.29) is 24.2 Å². The Kier molecular flexibility index (Phi) is 5.12. The number of nitrogens with zero attached hydrogens (tertiary/aromatic N) is 1. The first kappa shape index (κ1) is 18.9. The molecule has 3 aromatic rings. The van der Waals surface area contributed by atoms with Gasteiger partial charge >= 0.3 is 0 Å². The molecule has 4 rings (SSSR count). The number of anilines is 1. The number of benzene rings is 2. The van der Waals surface area contributed by atoms with Gasteiger partial charge in [-0.3, -0.25) is 9.59 Å². The molecule has 2 N–H and O–H groups in total. The number of carbonyl (C=O) groups is 2. The Morgan fingerprint density at radius 2 is 1.97 bits per heavy atom. The number of para-hydroxylation sites is 1. The van der Waals surface area contributed by atoms with Crippen molar-refractivity contribution in [2.45, 2.75) is 13.0 Å². The lowest BCUT2D eigenvalue weighted by Crippen LogP contribution is -2.32. The van der Waals surface area contributed by atoms with E-state index in [1.54, 1.807) is 37.3 Å². The van der Waals surface area contributed by atoms with E-state index in [0.717, 1.165) is 16.5 Å². The highest BCUT2D eigenvalue weighted by Crippen LogP contribution is 2.34. The molecule has 1 fully saturated rings. The summed E-state index contributed by atoms with van der Waals surface area (Å²) in [6.07, 6.45) is 2.09. The predicted molar refractivity (Wildman–Crippen MR) is 110 cm³/mol. The maximum atomic E-state index is 12.7. The average Bonchev–Trinajstić information content (AvgIpc) is 3.35. The fourth-order valence-corrected chi connectivity index (χ4v) is 3.73. The van der Waals surface area contributed by atoms with Crippen LogP contribution < -0.4 is 19.7 Å². The van der Waals surface area contributed by atoms with Crippen LogP contribution in [0.3, 0.4) is 0 Å². The topological polar surface area (TPSA) is 83.7 Å². The van der Waals surface area contributed by atoms with E-state index in [1.165, 1.54) is 0 Å². The SMILES string of the molecule is COc1ccc(N2CC(C(=O)NCc3c[nH]c4ccccc34)CC2=O)cc1OC. The second kappa shape index (κ2) is 7.87. The number of methoxy groups -OCH3 is 2. The molecular formula is C22H23N3O4. The number of nitrogens with one attached hydrogen (secondary N) is 2. The monoisotopic (exact) mass is 393 g/mol. The number of aromatic amines is 1. The van der Waals surface area contributed by atoms with Gasteiger partial charge in [-0.1, -0.05) is 18.2 Å². The first-order valence-corrected chi connectivity index (χ1v) is 9.46. The lowest BCUT2D eigenvalue weighted by Gasteiger charge is -2.18. The summed E-state index contributed by atoms with van der Waals surface area (Å²) in [5.74, 6) is 0.554. The largest absolute Gasteiger partial charge is 0.493 e. The molecule has 7 heteroatoms. The Morgan fingerprint density at radius 1 is 1.17 bits per heavy atom. The highest BCUT2D eigenvalue weighted by atomic mass is 16.5. The third-order valence-electron chi connectivity index (χ3n) is 5.30. The molecule has 0 aliphatic carbocycles. The van der Waals surface area contributed by atoms with Gasteiger partial charge in [-0.25, -0.2) is 0 Å². The molecule has 1 unspecified atom stereocenters. The van der Waals surface area contributed by atoms with Gasteiger partial charge in [0.1, 0.15) is 0 Å². The van der Waals surface area contributed by atoms with E-state index in [2.05, 4.69) is 10.3 Å². The minimum Gasteiger partial charge on any atom is -0.493 e. The minimum atomic E-state index is -0.388. The van der Waals surface area contributed by atoms with Gasteiger partial charge < -0.3 is 24.7 Å². The van der Waals surface area contributed by atoms with Crippen molar-refractivity contribution in [2.24, 2.45) is 5.92 Å². The van der Waals surface area contributed by atoms with E-state index in [0.29, 0.717) is 30.3 Å². The molecule has 29 heavy (non-hydrogen) atoms. The lowest BCUT2D eigenvalue weighted by atomic mass is 10.1. The van der Waals surface area contributed by atoms with Gasteiger partial charge in [-0.05, 0) is 23.8 Å². The first-order valence-electron chi connectivity index (χ1n) is 9.46. The van der Waals surface area contributed by atoms with E-state index >= 15 is 0 Å². The van der Waals surface area contributed by atoms with Gasteiger partial charge in [0.15, 0.2) is 11.5 Å². The van der Waals surface area contributed by atoms with Crippen LogP contribution in [0.1, 0.15) is 12.0 Å². The molecular weight excluding hydrogens is 370 g/mol. The maximum absolute atomic E-state index is 12.7. The highest BCUT2D eigenvalue weighted by molar-refractivity contribution is 6.00. The van der Waals surface area contributed by atoms with Crippen LogP contribution >= 0.6 is 0 Å². The zero-order valence-electron chi connectivity index (χ0n) is 16.4. The summed E-state index contributed by atoms with van der Waals surface area (Å²) in [6, 6.07) is 13.3. The summed E-state index contributed by atoms with van der Waals surface area (Å²) in [7, 11) is 3.11. The van der Waals surface area contributed by atoms with Crippen LogP contribution in [0.15, 0.2) is 48.7 Å². The quantitative estimate of drug-likeness (QED) is 0.675. The van der Waals surface area contributed by atoms with E-state index in [1.807, 2.05) is 30.5 Å². The van der Waals surface area contributed by atoms with Crippen molar-refractivity contribution in [1.29, 1.82) is 0 Å². The fourth-order valence-electron chi connectivity index (χ4n) is 3.73. The summed E-state index contributed by atoms with van der Waals surface area (Å²) >= 11 is 0. The van der Waals surface area contributed by atoms with Gasteiger partial charge in [-0.15, -0.1) is 0 Å². The van der Waals surface area contributed by atoms with Crippen molar-refractivity contribution in [3.63, 3.8) is 0 Å². The molecule has 0 radical (unpaired) electrons. The van der Waals surface area contributed by atoms with Gasteiger partial charge in [0.05, 0.1) is 20.1 Å². The number of H-pyrrole nitrogens is 1. The lowest BCUT2D eigenvalue weighted by molar-refractivity contribution is -0.126. The van der Waals surface area contributed by atoms with Crippen LogP contribution in [0.25, 0.3) is 10.9 Å². The summed E-state index contributed by atoms with van der Waals surface area (Å²) in [5.41, 5.74) is 2.75. The van der Waals surface area contributed by atoms with Crippen LogP contribution in [0, 0.1) is 5.92 Å². The Bertz CT molecular complexity index is 1060. The van der Waals surface area contributed by atoms with Crippen molar-refractivity contribution in [3.05, 3.63) is 54.2 Å². The third-order valence-corrected chi connectivity index (χ3v) is 5.30. The molecule has 0 spiro atoms. The van der Waals surface area contributed by atoms with Crippen molar-refractivity contribution in [3.8, 4) is 11.5 Å². The molecule has 0 saturated carbocycles. The molecule has 2 amide bonds. The summed E-state index contributed by atoms with van der Waals surface area (Å²) < 4.78 is 10.6. The van der Waals surface area contributed by atoms with E-state index in [9.17, 15) is 9.59 Å². The Labute approximate surface area is 168 Å². The van der Waals surface area contributed by atoms with Gasteiger partial charge in [0.2, 0.25) is 11.8 Å². The molecule has 7 nitrogen and oxygen atoms in total. The number of amides is 2. The van der Waals surface area contributed by atoms with Crippen LogP contribution in [0.2, 0.25) is 0 Å². The molecule has 1 aromatic heterocycles. The molecule has 2 heterocycles.